The SMILES string of the molecule is CCCCc1ccc(OC(=O)Oc2ccccc2C)c(CCCC)c1CCCC. The van der Waals surface area contributed by atoms with Gasteiger partial charge in [-0.25, -0.2) is 4.79 Å². The van der Waals surface area contributed by atoms with Crippen LogP contribution in [0, 0.1) is 6.92 Å². The molecule has 0 spiro atoms. The topological polar surface area (TPSA) is 35.5 Å². The summed E-state index contributed by atoms with van der Waals surface area (Å²) in [6, 6.07) is 11.6. The third-order valence-corrected chi connectivity index (χ3v) is 5.33. The molecular formula is C26H36O3. The molecule has 2 aromatic rings. The average Bonchev–Trinajstić information content (AvgIpc) is 2.72. The van der Waals surface area contributed by atoms with E-state index in [0.717, 1.165) is 50.5 Å². The zero-order chi connectivity index (χ0) is 21.1. The second kappa shape index (κ2) is 12.3. The molecule has 0 aromatic heterocycles. The van der Waals surface area contributed by atoms with E-state index in [-0.39, 0.29) is 0 Å². The molecule has 0 fully saturated rings. The maximum Gasteiger partial charge on any atom is 0.519 e. The first-order valence-electron chi connectivity index (χ1n) is 11.2. The summed E-state index contributed by atoms with van der Waals surface area (Å²) < 4.78 is 11.2. The average molecular weight is 397 g/mol. The zero-order valence-electron chi connectivity index (χ0n) is 18.6. The first kappa shape index (κ1) is 23.0. The van der Waals surface area contributed by atoms with E-state index in [4.69, 9.17) is 9.47 Å². The van der Waals surface area contributed by atoms with Gasteiger partial charge >= 0.3 is 6.16 Å². The fraction of sp³-hybridized carbons (Fsp3) is 0.500. The largest absolute Gasteiger partial charge is 0.519 e. The molecule has 3 heteroatoms. The first-order valence-corrected chi connectivity index (χ1v) is 11.2. The molecule has 0 aliphatic rings. The molecule has 0 radical (unpaired) electrons. The molecule has 0 atom stereocenters. The van der Waals surface area contributed by atoms with Gasteiger partial charge in [0.25, 0.3) is 0 Å². The minimum absolute atomic E-state index is 0.540. The number of para-hydroxylation sites is 1. The van der Waals surface area contributed by atoms with Crippen molar-refractivity contribution >= 4 is 6.16 Å². The summed E-state index contributed by atoms with van der Waals surface area (Å²) >= 11 is 0. The van der Waals surface area contributed by atoms with E-state index >= 15 is 0 Å². The molecule has 0 saturated heterocycles. The number of carbonyl (C=O) groups excluding carboxylic acids is 1. The van der Waals surface area contributed by atoms with Crippen molar-refractivity contribution < 1.29 is 14.3 Å². The van der Waals surface area contributed by atoms with Crippen molar-refractivity contribution in [3.05, 3.63) is 58.7 Å². The Labute approximate surface area is 176 Å². The Morgan fingerprint density at radius 2 is 1.31 bits per heavy atom. The highest BCUT2D eigenvalue weighted by molar-refractivity contribution is 5.68. The molecule has 0 N–H and O–H groups in total. The van der Waals surface area contributed by atoms with Gasteiger partial charge in [-0.15, -0.1) is 0 Å². The van der Waals surface area contributed by atoms with Crippen molar-refractivity contribution in [3.63, 3.8) is 0 Å². The van der Waals surface area contributed by atoms with Crippen LogP contribution < -0.4 is 9.47 Å². The van der Waals surface area contributed by atoms with E-state index in [9.17, 15) is 4.79 Å². The summed E-state index contributed by atoms with van der Waals surface area (Å²) in [6.45, 7) is 8.56. The number of unbranched alkanes of at least 4 members (excludes halogenated alkanes) is 3. The Hall–Kier alpha value is -2.29. The molecular weight excluding hydrogens is 360 g/mol. The van der Waals surface area contributed by atoms with Gasteiger partial charge in [-0.2, -0.15) is 0 Å². The minimum Gasteiger partial charge on any atom is -0.394 e. The molecule has 2 aromatic carbocycles. The Balaban J connectivity index is 2.30. The Morgan fingerprint density at radius 3 is 1.97 bits per heavy atom. The van der Waals surface area contributed by atoms with E-state index in [1.54, 1.807) is 6.07 Å². The minimum atomic E-state index is -0.667. The van der Waals surface area contributed by atoms with Gasteiger partial charge < -0.3 is 9.47 Å². The number of hydrogen-bond acceptors (Lipinski definition) is 3. The highest BCUT2D eigenvalue weighted by atomic mass is 16.7. The second-order valence-corrected chi connectivity index (χ2v) is 7.71. The van der Waals surface area contributed by atoms with Crippen LogP contribution in [0.4, 0.5) is 4.79 Å². The standard InChI is InChI=1S/C26H36O3/c1-5-8-14-21-18-19-25(23(16-10-7-3)22(21)15-9-6-2)29-26(27)28-24-17-12-11-13-20(24)4/h11-13,17-19H,5-10,14-16H2,1-4H3. The predicted molar refractivity (Wildman–Crippen MR) is 120 cm³/mol. The Kier molecular flexibility index (Phi) is 9.76. The van der Waals surface area contributed by atoms with E-state index in [1.165, 1.54) is 29.5 Å². The lowest BCUT2D eigenvalue weighted by Gasteiger charge is -2.19. The van der Waals surface area contributed by atoms with Crippen LogP contribution in [0.2, 0.25) is 0 Å². The quantitative estimate of drug-likeness (QED) is 0.290. The van der Waals surface area contributed by atoms with Crippen LogP contribution in [0.1, 0.15) is 81.5 Å². The second-order valence-electron chi connectivity index (χ2n) is 7.71. The maximum atomic E-state index is 12.5. The number of rotatable bonds is 11. The van der Waals surface area contributed by atoms with Crippen molar-refractivity contribution in [2.24, 2.45) is 0 Å². The third-order valence-electron chi connectivity index (χ3n) is 5.33. The lowest BCUT2D eigenvalue weighted by molar-refractivity contribution is 0.151. The molecule has 0 amide bonds. The van der Waals surface area contributed by atoms with Gasteiger partial charge in [0, 0.05) is 0 Å². The Bertz CT molecular complexity index is 780. The number of benzene rings is 2. The molecule has 0 aliphatic heterocycles. The van der Waals surface area contributed by atoms with E-state index < -0.39 is 6.16 Å². The van der Waals surface area contributed by atoms with Gasteiger partial charge in [-0.05, 0) is 79.8 Å². The van der Waals surface area contributed by atoms with E-state index in [2.05, 4.69) is 26.8 Å². The molecule has 0 saturated carbocycles. The third kappa shape index (κ3) is 6.92. The predicted octanol–water partition coefficient (Wildman–Crippen LogP) is 7.60. The van der Waals surface area contributed by atoms with Crippen molar-refractivity contribution in [1.82, 2.24) is 0 Å². The van der Waals surface area contributed by atoms with Crippen LogP contribution in [-0.2, 0) is 19.3 Å². The summed E-state index contributed by atoms with van der Waals surface area (Å²) in [5.74, 6) is 1.20. The molecule has 3 nitrogen and oxygen atoms in total. The summed E-state index contributed by atoms with van der Waals surface area (Å²) in [5, 5.41) is 0. The van der Waals surface area contributed by atoms with Crippen LogP contribution >= 0.6 is 0 Å². The smallest absolute Gasteiger partial charge is 0.394 e. The maximum absolute atomic E-state index is 12.5. The Morgan fingerprint density at radius 1 is 0.724 bits per heavy atom. The number of ether oxygens (including phenoxy) is 2. The van der Waals surface area contributed by atoms with Crippen LogP contribution in [-0.4, -0.2) is 6.16 Å². The van der Waals surface area contributed by atoms with Crippen molar-refractivity contribution in [2.45, 2.75) is 85.5 Å². The molecule has 0 heterocycles. The molecule has 29 heavy (non-hydrogen) atoms. The van der Waals surface area contributed by atoms with Gasteiger partial charge in [0.05, 0.1) is 0 Å². The number of aryl methyl sites for hydroxylation is 2. The van der Waals surface area contributed by atoms with Crippen LogP contribution in [0.5, 0.6) is 11.5 Å². The van der Waals surface area contributed by atoms with Gasteiger partial charge in [0.15, 0.2) is 0 Å². The molecule has 0 aliphatic carbocycles. The van der Waals surface area contributed by atoms with Crippen molar-refractivity contribution in [3.8, 4) is 11.5 Å². The van der Waals surface area contributed by atoms with Gasteiger partial charge in [0.1, 0.15) is 11.5 Å². The summed E-state index contributed by atoms with van der Waals surface area (Å²) in [4.78, 5) is 12.5. The highest BCUT2D eigenvalue weighted by Gasteiger charge is 2.18. The fourth-order valence-electron chi connectivity index (χ4n) is 3.58. The molecule has 0 unspecified atom stereocenters. The number of hydrogen-bond donors (Lipinski definition) is 0. The summed E-state index contributed by atoms with van der Waals surface area (Å²) in [5.41, 5.74) is 4.89. The van der Waals surface area contributed by atoms with Gasteiger partial charge in [-0.3, -0.25) is 0 Å². The normalized spacial score (nSPS) is 10.8. The molecule has 2 rings (SSSR count). The van der Waals surface area contributed by atoms with Gasteiger partial charge in [0.2, 0.25) is 0 Å². The molecule has 0 bridgehead atoms. The zero-order valence-corrected chi connectivity index (χ0v) is 18.6. The lowest BCUT2D eigenvalue weighted by atomic mass is 9.90. The monoisotopic (exact) mass is 396 g/mol. The van der Waals surface area contributed by atoms with Crippen LogP contribution in [0.15, 0.2) is 36.4 Å². The lowest BCUT2D eigenvalue weighted by Crippen LogP contribution is -2.16. The van der Waals surface area contributed by atoms with E-state index in [0.29, 0.717) is 11.5 Å². The van der Waals surface area contributed by atoms with Crippen LogP contribution in [0.25, 0.3) is 0 Å². The summed E-state index contributed by atoms with van der Waals surface area (Å²) in [7, 11) is 0. The summed E-state index contributed by atoms with van der Waals surface area (Å²) in [6.07, 6.45) is 9.25. The van der Waals surface area contributed by atoms with Gasteiger partial charge in [-0.1, -0.05) is 64.3 Å². The van der Waals surface area contributed by atoms with Crippen LogP contribution in [0.3, 0.4) is 0 Å². The first-order chi connectivity index (χ1) is 14.1. The fourth-order valence-corrected chi connectivity index (χ4v) is 3.58. The van der Waals surface area contributed by atoms with E-state index in [1.807, 2.05) is 31.2 Å². The highest BCUT2D eigenvalue weighted by Crippen LogP contribution is 2.31. The van der Waals surface area contributed by atoms with Crippen molar-refractivity contribution in [2.75, 3.05) is 0 Å². The van der Waals surface area contributed by atoms with Crippen molar-refractivity contribution in [1.29, 1.82) is 0 Å². The molecule has 158 valence electrons. The number of carbonyl (C=O) groups is 1.